The van der Waals surface area contributed by atoms with E-state index in [0.717, 1.165) is 5.56 Å². The normalized spacial score (nSPS) is 9.50. The van der Waals surface area contributed by atoms with E-state index in [0.29, 0.717) is 12.4 Å². The van der Waals surface area contributed by atoms with Crippen LogP contribution in [0.25, 0.3) is 0 Å². The van der Waals surface area contributed by atoms with Gasteiger partial charge in [-0.25, -0.2) is 9.55 Å². The lowest BCUT2D eigenvalue weighted by atomic mass is 10.3. The van der Waals surface area contributed by atoms with E-state index in [-0.39, 0.29) is 22.9 Å². The van der Waals surface area contributed by atoms with E-state index >= 15 is 0 Å². The molecule has 0 saturated heterocycles. The first-order valence-corrected chi connectivity index (χ1v) is 4.56. The van der Waals surface area contributed by atoms with Gasteiger partial charge < -0.3 is 28.4 Å². The molecule has 0 amide bonds. The minimum atomic E-state index is 0. The van der Waals surface area contributed by atoms with Gasteiger partial charge >= 0.3 is 0 Å². The van der Waals surface area contributed by atoms with Crippen molar-refractivity contribution in [2.45, 2.75) is 6.54 Å². The molecular formula is C10H12BrN5. The molecule has 0 fully saturated rings. The Hall–Kier alpha value is -1.69. The van der Waals surface area contributed by atoms with Gasteiger partial charge in [0.25, 0.3) is 0 Å². The zero-order valence-electron chi connectivity index (χ0n) is 8.55. The third-order valence-corrected chi connectivity index (χ3v) is 2.05. The summed E-state index contributed by atoms with van der Waals surface area (Å²) in [5.41, 5.74) is 12.0. The molecule has 0 aliphatic heterocycles. The summed E-state index contributed by atoms with van der Waals surface area (Å²) in [5.74, 6) is 0.633. The number of nitrogen functional groups attached to an aromatic ring is 2. The molecule has 2 rings (SSSR count). The molecule has 5 nitrogen and oxygen atoms in total. The van der Waals surface area contributed by atoms with Gasteiger partial charge in [0.1, 0.15) is 5.82 Å². The van der Waals surface area contributed by atoms with Crippen molar-refractivity contribution in [3.05, 3.63) is 42.4 Å². The molecule has 6 heteroatoms. The molecule has 0 spiro atoms. The highest BCUT2D eigenvalue weighted by molar-refractivity contribution is 5.40. The van der Waals surface area contributed by atoms with Crippen LogP contribution in [0.5, 0.6) is 0 Å². The van der Waals surface area contributed by atoms with Crippen molar-refractivity contribution >= 4 is 11.8 Å². The van der Waals surface area contributed by atoms with Crippen LogP contribution in [-0.2, 0) is 6.54 Å². The minimum Gasteiger partial charge on any atom is -1.00 e. The number of hydrogen-bond donors (Lipinski definition) is 2. The predicted octanol–water partition coefficient (Wildman–Crippen LogP) is -3.02. The van der Waals surface area contributed by atoms with Gasteiger partial charge in [0.15, 0.2) is 18.9 Å². The van der Waals surface area contributed by atoms with Crippen LogP contribution in [0.4, 0.5) is 11.8 Å². The summed E-state index contributed by atoms with van der Waals surface area (Å²) in [6.45, 7) is 0.646. The minimum absolute atomic E-state index is 0. The fourth-order valence-electron chi connectivity index (χ4n) is 1.29. The first-order chi connectivity index (χ1) is 7.25. The molecule has 16 heavy (non-hydrogen) atoms. The second-order valence-electron chi connectivity index (χ2n) is 3.19. The summed E-state index contributed by atoms with van der Waals surface area (Å²) in [4.78, 5) is 7.81. The number of aromatic nitrogens is 3. The molecule has 4 N–H and O–H groups in total. The lowest BCUT2D eigenvalue weighted by Crippen LogP contribution is -3.00. The molecule has 2 heterocycles. The summed E-state index contributed by atoms with van der Waals surface area (Å²) < 4.78 is 1.99. The number of anilines is 2. The van der Waals surface area contributed by atoms with E-state index in [1.54, 1.807) is 6.20 Å². The van der Waals surface area contributed by atoms with Gasteiger partial charge in [-0.1, -0.05) is 6.07 Å². The Morgan fingerprint density at radius 1 is 1.12 bits per heavy atom. The van der Waals surface area contributed by atoms with Crippen molar-refractivity contribution in [3.8, 4) is 0 Å². The van der Waals surface area contributed by atoms with Crippen molar-refractivity contribution in [2.75, 3.05) is 11.5 Å². The van der Waals surface area contributed by atoms with Gasteiger partial charge in [-0.3, -0.25) is 0 Å². The largest absolute Gasteiger partial charge is 1.00 e. The first-order valence-electron chi connectivity index (χ1n) is 4.56. The Bertz CT molecular complexity index is 460. The van der Waals surface area contributed by atoms with Crippen LogP contribution < -0.4 is 33.0 Å². The Kier molecular flexibility index (Phi) is 4.19. The quantitative estimate of drug-likeness (QED) is 0.575. The molecule has 0 atom stereocenters. The van der Waals surface area contributed by atoms with Crippen LogP contribution in [0.2, 0.25) is 0 Å². The van der Waals surface area contributed by atoms with Crippen molar-refractivity contribution in [1.29, 1.82) is 0 Å². The fourth-order valence-corrected chi connectivity index (χ4v) is 1.29. The molecular weight excluding hydrogens is 270 g/mol. The van der Waals surface area contributed by atoms with Gasteiger partial charge in [-0.2, -0.15) is 4.98 Å². The van der Waals surface area contributed by atoms with E-state index in [9.17, 15) is 0 Å². The van der Waals surface area contributed by atoms with Gasteiger partial charge in [-0.05, 0) is 0 Å². The van der Waals surface area contributed by atoms with Crippen molar-refractivity contribution in [3.63, 3.8) is 0 Å². The SMILES string of the molecule is Nc1ncc(C[n+]2ccccc2)c(N)n1.[Br-]. The Morgan fingerprint density at radius 2 is 1.81 bits per heavy atom. The number of hydrogen-bond acceptors (Lipinski definition) is 4. The van der Waals surface area contributed by atoms with E-state index in [1.807, 2.05) is 35.2 Å². The fraction of sp³-hybridized carbons (Fsp3) is 0.100. The molecule has 2 aromatic heterocycles. The average Bonchev–Trinajstić information content (AvgIpc) is 2.24. The number of pyridine rings is 1. The summed E-state index contributed by atoms with van der Waals surface area (Å²) in [6, 6.07) is 5.86. The van der Waals surface area contributed by atoms with Gasteiger partial charge in [-0.15, -0.1) is 0 Å². The zero-order chi connectivity index (χ0) is 10.7. The van der Waals surface area contributed by atoms with Crippen molar-refractivity contribution in [1.82, 2.24) is 9.97 Å². The predicted molar refractivity (Wildman–Crippen MR) is 56.6 cm³/mol. The van der Waals surface area contributed by atoms with Crippen LogP contribution in [-0.4, -0.2) is 9.97 Å². The molecule has 0 radical (unpaired) electrons. The second kappa shape index (κ2) is 5.41. The maximum Gasteiger partial charge on any atom is 0.221 e. The number of halogens is 1. The molecule has 0 aromatic carbocycles. The summed E-state index contributed by atoms with van der Waals surface area (Å²) >= 11 is 0. The Morgan fingerprint density at radius 3 is 2.44 bits per heavy atom. The van der Waals surface area contributed by atoms with Crippen molar-refractivity contribution < 1.29 is 21.5 Å². The third-order valence-electron chi connectivity index (χ3n) is 2.05. The monoisotopic (exact) mass is 281 g/mol. The molecule has 84 valence electrons. The smallest absolute Gasteiger partial charge is 0.221 e. The number of nitrogens with two attached hydrogens (primary N) is 2. The highest BCUT2D eigenvalue weighted by atomic mass is 79.9. The van der Waals surface area contributed by atoms with Gasteiger partial charge in [0, 0.05) is 18.3 Å². The van der Waals surface area contributed by atoms with E-state index in [1.165, 1.54) is 0 Å². The van der Waals surface area contributed by atoms with Crippen LogP contribution in [0, 0.1) is 0 Å². The lowest BCUT2D eigenvalue weighted by molar-refractivity contribution is -0.688. The number of rotatable bonds is 2. The average molecular weight is 282 g/mol. The van der Waals surface area contributed by atoms with E-state index < -0.39 is 0 Å². The van der Waals surface area contributed by atoms with E-state index in [4.69, 9.17) is 11.5 Å². The first kappa shape index (κ1) is 12.4. The van der Waals surface area contributed by atoms with Gasteiger partial charge in [0.2, 0.25) is 5.95 Å². The maximum absolute atomic E-state index is 5.72. The highest BCUT2D eigenvalue weighted by Gasteiger charge is 2.07. The lowest BCUT2D eigenvalue weighted by Gasteiger charge is -2.01. The molecule has 0 aliphatic rings. The summed E-state index contributed by atoms with van der Waals surface area (Å²) in [7, 11) is 0. The van der Waals surface area contributed by atoms with Gasteiger partial charge in [0.05, 0.1) is 5.56 Å². The van der Waals surface area contributed by atoms with Crippen molar-refractivity contribution in [2.24, 2.45) is 0 Å². The maximum atomic E-state index is 5.72. The summed E-state index contributed by atoms with van der Waals surface area (Å²) in [6.07, 6.45) is 5.56. The van der Waals surface area contributed by atoms with Crippen LogP contribution >= 0.6 is 0 Å². The zero-order valence-corrected chi connectivity index (χ0v) is 10.1. The molecule has 0 unspecified atom stereocenters. The third kappa shape index (κ3) is 2.90. The summed E-state index contributed by atoms with van der Waals surface area (Å²) in [5, 5.41) is 0. The molecule has 0 saturated carbocycles. The van der Waals surface area contributed by atoms with Crippen LogP contribution in [0.15, 0.2) is 36.8 Å². The molecule has 0 aliphatic carbocycles. The van der Waals surface area contributed by atoms with Crippen LogP contribution in [0.1, 0.15) is 5.56 Å². The molecule has 2 aromatic rings. The second-order valence-corrected chi connectivity index (χ2v) is 3.19. The standard InChI is InChI=1S/C10H12N5.BrH/c11-9-8(6-13-10(12)14-9)7-15-4-2-1-3-5-15;/h1-6H,7H2,(H4,11,12,13,14);1H/q+1;/p-1. The molecule has 0 bridgehead atoms. The Balaban J connectivity index is 0.00000128. The highest BCUT2D eigenvalue weighted by Crippen LogP contribution is 2.07. The topological polar surface area (TPSA) is 81.7 Å². The van der Waals surface area contributed by atoms with Crippen LogP contribution in [0.3, 0.4) is 0 Å². The van der Waals surface area contributed by atoms with E-state index in [2.05, 4.69) is 9.97 Å². The Labute approximate surface area is 104 Å². The number of nitrogens with zero attached hydrogens (tertiary/aromatic N) is 3.